The molecule has 1 aromatic rings. The number of carbonyl (C=O) groups is 1. The maximum Gasteiger partial charge on any atom is 0.410 e. The Morgan fingerprint density at radius 3 is 2.68 bits per heavy atom. The van der Waals surface area contributed by atoms with Gasteiger partial charge in [0.2, 0.25) is 0 Å². The van der Waals surface area contributed by atoms with E-state index in [0.717, 1.165) is 12.0 Å². The van der Waals surface area contributed by atoms with Gasteiger partial charge in [-0.15, -0.1) is 6.58 Å². The van der Waals surface area contributed by atoms with Crippen LogP contribution in [0.25, 0.3) is 0 Å². The van der Waals surface area contributed by atoms with Gasteiger partial charge in [-0.05, 0) is 17.9 Å². The van der Waals surface area contributed by atoms with E-state index in [1.807, 2.05) is 41.3 Å². The highest BCUT2D eigenvalue weighted by Gasteiger charge is 2.39. The van der Waals surface area contributed by atoms with Gasteiger partial charge < -0.3 is 4.74 Å². The predicted octanol–water partition coefficient (Wildman–Crippen LogP) is 3.78. The van der Waals surface area contributed by atoms with Gasteiger partial charge in [0.1, 0.15) is 6.61 Å². The fourth-order valence-corrected chi connectivity index (χ4v) is 2.61. The van der Waals surface area contributed by atoms with Crippen molar-refractivity contribution in [1.82, 2.24) is 4.90 Å². The van der Waals surface area contributed by atoms with Crippen LogP contribution in [0.3, 0.4) is 0 Å². The van der Waals surface area contributed by atoms with Crippen molar-refractivity contribution in [3.05, 3.63) is 48.6 Å². The van der Waals surface area contributed by atoms with Gasteiger partial charge >= 0.3 is 6.09 Å². The quantitative estimate of drug-likeness (QED) is 0.753. The van der Waals surface area contributed by atoms with Crippen LogP contribution in [0.5, 0.6) is 0 Å². The third-order valence-electron chi connectivity index (χ3n) is 3.63. The van der Waals surface area contributed by atoms with E-state index in [1.54, 1.807) is 0 Å². The van der Waals surface area contributed by atoms with Gasteiger partial charge in [-0.1, -0.05) is 50.3 Å². The molecule has 0 aromatic heterocycles. The van der Waals surface area contributed by atoms with E-state index in [9.17, 15) is 4.79 Å². The molecule has 0 spiro atoms. The highest BCUT2D eigenvalue weighted by molar-refractivity contribution is 5.71. The van der Waals surface area contributed by atoms with Crippen LogP contribution >= 0.6 is 0 Å². The summed E-state index contributed by atoms with van der Waals surface area (Å²) in [5.74, 6) is 0.370. The summed E-state index contributed by atoms with van der Waals surface area (Å²) in [7, 11) is 0. The van der Waals surface area contributed by atoms with Crippen LogP contribution < -0.4 is 0 Å². The topological polar surface area (TPSA) is 29.5 Å². The minimum absolute atomic E-state index is 0.0149. The summed E-state index contributed by atoms with van der Waals surface area (Å²) in [6.45, 7) is 8.49. The molecule has 1 aliphatic heterocycles. The van der Waals surface area contributed by atoms with Crippen molar-refractivity contribution in [1.29, 1.82) is 0 Å². The molecule has 102 valence electrons. The van der Waals surface area contributed by atoms with Crippen molar-refractivity contribution in [2.75, 3.05) is 6.61 Å². The highest BCUT2D eigenvalue weighted by atomic mass is 16.6. The molecule has 3 nitrogen and oxygen atoms in total. The average Bonchev–Trinajstić information content (AvgIpc) is 2.78. The van der Waals surface area contributed by atoms with Crippen LogP contribution in [0.15, 0.2) is 43.0 Å². The van der Waals surface area contributed by atoms with Crippen LogP contribution in [0.4, 0.5) is 4.79 Å². The van der Waals surface area contributed by atoms with Crippen molar-refractivity contribution in [2.24, 2.45) is 5.92 Å². The minimum Gasteiger partial charge on any atom is -0.447 e. The Bertz CT molecular complexity index is 441. The maximum absolute atomic E-state index is 12.0. The van der Waals surface area contributed by atoms with Crippen LogP contribution in [-0.2, 0) is 4.74 Å². The number of ether oxygens (including phenoxy) is 1. The molecule has 2 rings (SSSR count). The number of hydrogen-bond acceptors (Lipinski definition) is 2. The lowest BCUT2D eigenvalue weighted by Gasteiger charge is -2.33. The zero-order valence-corrected chi connectivity index (χ0v) is 11.6. The number of hydrogen-bond donors (Lipinski definition) is 0. The van der Waals surface area contributed by atoms with E-state index in [0.29, 0.717) is 12.5 Å². The molecule has 0 N–H and O–H groups in total. The summed E-state index contributed by atoms with van der Waals surface area (Å²) >= 11 is 0. The Kier molecular flexibility index (Phi) is 4.25. The summed E-state index contributed by atoms with van der Waals surface area (Å²) in [6.07, 6.45) is 2.45. The molecule has 0 unspecified atom stereocenters. The number of amides is 1. The SMILES string of the molecule is C=CC[C@H](C(C)C)N1C(=O)OC[C@H]1c1ccccc1. The first-order valence-corrected chi connectivity index (χ1v) is 6.76. The molecule has 1 fully saturated rings. The largest absolute Gasteiger partial charge is 0.447 e. The summed E-state index contributed by atoms with van der Waals surface area (Å²) in [5, 5.41) is 0. The first-order chi connectivity index (χ1) is 9.15. The zero-order chi connectivity index (χ0) is 13.8. The fourth-order valence-electron chi connectivity index (χ4n) is 2.61. The molecular formula is C16H21NO2. The fraction of sp³-hybridized carbons (Fsp3) is 0.438. The molecule has 1 heterocycles. The Morgan fingerprint density at radius 2 is 2.11 bits per heavy atom. The summed E-state index contributed by atoms with van der Waals surface area (Å²) < 4.78 is 5.26. The lowest BCUT2D eigenvalue weighted by Crippen LogP contribution is -2.41. The van der Waals surface area contributed by atoms with Crippen LogP contribution in [0.1, 0.15) is 31.9 Å². The Hall–Kier alpha value is -1.77. The van der Waals surface area contributed by atoms with Crippen molar-refractivity contribution in [3.8, 4) is 0 Å². The monoisotopic (exact) mass is 259 g/mol. The van der Waals surface area contributed by atoms with Crippen LogP contribution in [-0.4, -0.2) is 23.6 Å². The Morgan fingerprint density at radius 1 is 1.42 bits per heavy atom. The third-order valence-corrected chi connectivity index (χ3v) is 3.63. The average molecular weight is 259 g/mol. The van der Waals surface area contributed by atoms with Gasteiger partial charge in [0.25, 0.3) is 0 Å². The minimum atomic E-state index is -0.214. The Balaban J connectivity index is 2.29. The molecule has 0 radical (unpaired) electrons. The molecule has 0 bridgehead atoms. The first-order valence-electron chi connectivity index (χ1n) is 6.76. The van der Waals surface area contributed by atoms with E-state index in [-0.39, 0.29) is 18.2 Å². The molecule has 1 aliphatic rings. The lowest BCUT2D eigenvalue weighted by atomic mass is 9.96. The smallest absolute Gasteiger partial charge is 0.410 e. The van der Waals surface area contributed by atoms with Gasteiger partial charge in [-0.25, -0.2) is 4.79 Å². The molecule has 19 heavy (non-hydrogen) atoms. The predicted molar refractivity (Wildman–Crippen MR) is 75.8 cm³/mol. The molecule has 1 aromatic carbocycles. The zero-order valence-electron chi connectivity index (χ0n) is 11.6. The van der Waals surface area contributed by atoms with E-state index in [2.05, 4.69) is 20.4 Å². The third kappa shape index (κ3) is 2.80. The number of carbonyl (C=O) groups excluding carboxylic acids is 1. The highest BCUT2D eigenvalue weighted by Crippen LogP contribution is 2.33. The van der Waals surface area contributed by atoms with Crippen molar-refractivity contribution in [3.63, 3.8) is 0 Å². The van der Waals surface area contributed by atoms with Crippen molar-refractivity contribution >= 4 is 6.09 Å². The molecule has 1 saturated heterocycles. The lowest BCUT2D eigenvalue weighted by molar-refractivity contribution is 0.131. The number of rotatable bonds is 5. The first kappa shape index (κ1) is 13.7. The molecular weight excluding hydrogens is 238 g/mol. The molecule has 1 amide bonds. The van der Waals surface area contributed by atoms with Crippen LogP contribution in [0, 0.1) is 5.92 Å². The van der Waals surface area contributed by atoms with Crippen molar-refractivity contribution < 1.29 is 9.53 Å². The van der Waals surface area contributed by atoms with Crippen molar-refractivity contribution in [2.45, 2.75) is 32.4 Å². The number of benzene rings is 1. The molecule has 0 aliphatic carbocycles. The summed E-state index contributed by atoms with van der Waals surface area (Å²) in [6, 6.07) is 10.2. The van der Waals surface area contributed by atoms with E-state index in [4.69, 9.17) is 4.74 Å². The van der Waals surface area contributed by atoms with E-state index >= 15 is 0 Å². The second-order valence-corrected chi connectivity index (χ2v) is 5.25. The van der Waals surface area contributed by atoms with Gasteiger partial charge in [0.05, 0.1) is 6.04 Å². The summed E-state index contributed by atoms with van der Waals surface area (Å²) in [4.78, 5) is 13.9. The summed E-state index contributed by atoms with van der Waals surface area (Å²) in [5.41, 5.74) is 1.13. The van der Waals surface area contributed by atoms with Crippen LogP contribution in [0.2, 0.25) is 0 Å². The second kappa shape index (κ2) is 5.91. The van der Waals surface area contributed by atoms with Gasteiger partial charge in [0, 0.05) is 6.04 Å². The van der Waals surface area contributed by atoms with Gasteiger partial charge in [-0.3, -0.25) is 4.90 Å². The molecule has 0 saturated carbocycles. The number of cyclic esters (lactones) is 1. The molecule has 3 heteroatoms. The van der Waals surface area contributed by atoms with E-state index in [1.165, 1.54) is 0 Å². The van der Waals surface area contributed by atoms with Gasteiger partial charge in [-0.2, -0.15) is 0 Å². The standard InChI is InChI=1S/C16H21NO2/c1-4-8-14(12(2)3)17-15(11-19-16(17)18)13-9-6-5-7-10-13/h4-7,9-10,12,14-15H,1,8,11H2,2-3H3/t14-,15+/m1/s1. The molecule has 2 atom stereocenters. The maximum atomic E-state index is 12.0. The van der Waals surface area contributed by atoms with Gasteiger partial charge in [0.15, 0.2) is 0 Å². The van der Waals surface area contributed by atoms with E-state index < -0.39 is 0 Å². The second-order valence-electron chi connectivity index (χ2n) is 5.25. The normalized spacial score (nSPS) is 20.5. The number of nitrogens with zero attached hydrogens (tertiary/aromatic N) is 1. The Labute approximate surface area is 114 Å².